The van der Waals surface area contributed by atoms with Gasteiger partial charge in [-0.2, -0.15) is 0 Å². The fourth-order valence-electron chi connectivity index (χ4n) is 1.43. The Morgan fingerprint density at radius 3 is 2.13 bits per heavy atom. The van der Waals surface area contributed by atoms with Crippen molar-refractivity contribution < 1.29 is 9.84 Å². The molecule has 0 saturated heterocycles. The molecule has 1 unspecified atom stereocenters. The highest BCUT2D eigenvalue weighted by Crippen LogP contribution is 2.18. The Balaban J connectivity index is 2.62. The van der Waals surface area contributed by atoms with Gasteiger partial charge in [-0.3, -0.25) is 0 Å². The summed E-state index contributed by atoms with van der Waals surface area (Å²) in [5.41, 5.74) is 2.22. The van der Waals surface area contributed by atoms with Crippen LogP contribution >= 0.6 is 0 Å². The molecule has 0 bridgehead atoms. The average molecular weight is 208 g/mol. The van der Waals surface area contributed by atoms with Crippen molar-refractivity contribution in [2.75, 3.05) is 13.2 Å². The number of hydrogen-bond donors (Lipinski definition) is 1. The van der Waals surface area contributed by atoms with E-state index in [0.717, 1.165) is 5.56 Å². The van der Waals surface area contributed by atoms with Crippen LogP contribution in [0.5, 0.6) is 0 Å². The second kappa shape index (κ2) is 5.89. The van der Waals surface area contributed by atoms with Crippen molar-refractivity contribution >= 4 is 0 Å². The first kappa shape index (κ1) is 12.2. The zero-order valence-electron chi connectivity index (χ0n) is 9.73. The first-order valence-electron chi connectivity index (χ1n) is 5.50. The molecule has 0 aliphatic carbocycles. The summed E-state index contributed by atoms with van der Waals surface area (Å²) in [5.74, 6) is 0.531. The van der Waals surface area contributed by atoms with E-state index in [9.17, 15) is 5.11 Å². The maximum absolute atomic E-state index is 9.76. The van der Waals surface area contributed by atoms with E-state index in [1.165, 1.54) is 5.56 Å². The largest absolute Gasteiger partial charge is 0.386 e. The van der Waals surface area contributed by atoms with Crippen molar-refractivity contribution in [1.29, 1.82) is 0 Å². The lowest BCUT2D eigenvalue weighted by molar-refractivity contribution is 0.0420. The highest BCUT2D eigenvalue weighted by atomic mass is 16.5. The van der Waals surface area contributed by atoms with Crippen LogP contribution in [-0.2, 0) is 4.74 Å². The minimum absolute atomic E-state index is 0.373. The van der Waals surface area contributed by atoms with Gasteiger partial charge in [0.05, 0.1) is 6.61 Å². The Morgan fingerprint density at radius 1 is 1.13 bits per heavy atom. The monoisotopic (exact) mass is 208 g/mol. The summed E-state index contributed by atoms with van der Waals surface area (Å²) in [6.07, 6.45) is -0.508. The lowest BCUT2D eigenvalue weighted by Gasteiger charge is -2.12. The van der Waals surface area contributed by atoms with E-state index in [2.05, 4.69) is 26.0 Å². The van der Waals surface area contributed by atoms with Gasteiger partial charge < -0.3 is 9.84 Å². The third kappa shape index (κ3) is 3.65. The Morgan fingerprint density at radius 2 is 1.67 bits per heavy atom. The third-order valence-electron chi connectivity index (χ3n) is 2.47. The molecule has 1 N–H and O–H groups in total. The molecular weight excluding hydrogens is 188 g/mol. The molecule has 84 valence electrons. The minimum Gasteiger partial charge on any atom is -0.386 e. The van der Waals surface area contributed by atoms with E-state index in [4.69, 9.17) is 4.74 Å². The van der Waals surface area contributed by atoms with Gasteiger partial charge in [0.25, 0.3) is 0 Å². The summed E-state index contributed by atoms with van der Waals surface area (Å²) < 4.78 is 5.18. The Labute approximate surface area is 91.9 Å². The van der Waals surface area contributed by atoms with Gasteiger partial charge in [0.2, 0.25) is 0 Å². The molecule has 1 aromatic carbocycles. The molecule has 0 saturated carbocycles. The smallest absolute Gasteiger partial charge is 0.102 e. The number of aliphatic hydroxyl groups excluding tert-OH is 1. The lowest BCUT2D eigenvalue weighted by atomic mass is 10.0. The summed E-state index contributed by atoms with van der Waals surface area (Å²) in [5, 5.41) is 9.76. The molecule has 0 amide bonds. The first-order valence-corrected chi connectivity index (χ1v) is 5.50. The number of rotatable bonds is 5. The maximum Gasteiger partial charge on any atom is 0.102 e. The van der Waals surface area contributed by atoms with Crippen molar-refractivity contribution in [3.8, 4) is 0 Å². The fourth-order valence-corrected chi connectivity index (χ4v) is 1.43. The van der Waals surface area contributed by atoms with Crippen molar-refractivity contribution in [2.45, 2.75) is 32.8 Å². The highest BCUT2D eigenvalue weighted by Gasteiger charge is 2.07. The van der Waals surface area contributed by atoms with Gasteiger partial charge in [-0.1, -0.05) is 38.1 Å². The van der Waals surface area contributed by atoms with Crippen molar-refractivity contribution in [3.63, 3.8) is 0 Å². The number of benzene rings is 1. The van der Waals surface area contributed by atoms with Crippen LogP contribution in [0.3, 0.4) is 0 Å². The predicted molar refractivity (Wildman–Crippen MR) is 62.0 cm³/mol. The first-order chi connectivity index (χ1) is 7.15. The molecule has 1 aromatic rings. The minimum atomic E-state index is -0.508. The summed E-state index contributed by atoms with van der Waals surface area (Å²) >= 11 is 0. The van der Waals surface area contributed by atoms with Crippen molar-refractivity contribution in [2.24, 2.45) is 0 Å². The van der Waals surface area contributed by atoms with Gasteiger partial charge in [0, 0.05) is 6.61 Å². The zero-order chi connectivity index (χ0) is 11.3. The SMILES string of the molecule is CCOCC(O)c1ccc(C(C)C)cc1. The maximum atomic E-state index is 9.76. The second-order valence-electron chi connectivity index (χ2n) is 4.00. The number of hydrogen-bond acceptors (Lipinski definition) is 2. The van der Waals surface area contributed by atoms with Gasteiger partial charge in [0.1, 0.15) is 6.10 Å². The molecule has 1 atom stereocenters. The van der Waals surface area contributed by atoms with E-state index in [0.29, 0.717) is 19.1 Å². The van der Waals surface area contributed by atoms with Crippen LogP contribution in [0.25, 0.3) is 0 Å². The molecule has 0 aliphatic rings. The summed E-state index contributed by atoms with van der Waals surface area (Å²) in [4.78, 5) is 0. The summed E-state index contributed by atoms with van der Waals surface area (Å²) in [6.45, 7) is 7.25. The molecule has 0 fully saturated rings. The van der Waals surface area contributed by atoms with Crippen LogP contribution in [0.15, 0.2) is 24.3 Å². The molecule has 0 spiro atoms. The summed E-state index contributed by atoms with van der Waals surface area (Å²) in [7, 11) is 0. The molecule has 0 heterocycles. The van der Waals surface area contributed by atoms with E-state index in [-0.39, 0.29) is 0 Å². The molecule has 2 nitrogen and oxygen atoms in total. The van der Waals surface area contributed by atoms with Gasteiger partial charge in [-0.05, 0) is 24.0 Å². The van der Waals surface area contributed by atoms with Gasteiger partial charge in [-0.15, -0.1) is 0 Å². The third-order valence-corrected chi connectivity index (χ3v) is 2.47. The Kier molecular flexibility index (Phi) is 4.79. The van der Waals surface area contributed by atoms with Crippen LogP contribution < -0.4 is 0 Å². The lowest BCUT2D eigenvalue weighted by Crippen LogP contribution is -2.07. The zero-order valence-corrected chi connectivity index (χ0v) is 9.73. The molecule has 0 aromatic heterocycles. The normalized spacial score (nSPS) is 13.1. The quantitative estimate of drug-likeness (QED) is 0.806. The van der Waals surface area contributed by atoms with E-state index >= 15 is 0 Å². The van der Waals surface area contributed by atoms with Crippen LogP contribution in [0.1, 0.15) is 43.9 Å². The van der Waals surface area contributed by atoms with Gasteiger partial charge >= 0.3 is 0 Å². The molecule has 1 rings (SSSR count). The molecule has 0 radical (unpaired) electrons. The van der Waals surface area contributed by atoms with Gasteiger partial charge in [0.15, 0.2) is 0 Å². The van der Waals surface area contributed by atoms with Crippen molar-refractivity contribution in [3.05, 3.63) is 35.4 Å². The van der Waals surface area contributed by atoms with Crippen molar-refractivity contribution in [1.82, 2.24) is 0 Å². The standard InChI is InChI=1S/C13H20O2/c1-4-15-9-13(14)12-7-5-11(6-8-12)10(2)3/h5-8,10,13-14H,4,9H2,1-3H3. The second-order valence-corrected chi connectivity index (χ2v) is 4.00. The molecule has 15 heavy (non-hydrogen) atoms. The molecule has 2 heteroatoms. The fraction of sp³-hybridized carbons (Fsp3) is 0.538. The van der Waals surface area contributed by atoms with E-state index < -0.39 is 6.10 Å². The van der Waals surface area contributed by atoms with E-state index in [1.807, 2.05) is 19.1 Å². The number of aliphatic hydroxyl groups is 1. The topological polar surface area (TPSA) is 29.5 Å². The molecule has 0 aliphatic heterocycles. The highest BCUT2D eigenvalue weighted by molar-refractivity contribution is 5.26. The average Bonchev–Trinajstić information content (AvgIpc) is 2.26. The van der Waals surface area contributed by atoms with E-state index in [1.54, 1.807) is 0 Å². The van der Waals surface area contributed by atoms with Crippen LogP contribution in [-0.4, -0.2) is 18.3 Å². The summed E-state index contributed by atoms with van der Waals surface area (Å²) in [6, 6.07) is 8.07. The van der Waals surface area contributed by atoms with Gasteiger partial charge in [-0.25, -0.2) is 0 Å². The Hall–Kier alpha value is -0.860. The van der Waals surface area contributed by atoms with Crippen LogP contribution in [0.2, 0.25) is 0 Å². The predicted octanol–water partition coefficient (Wildman–Crippen LogP) is 2.88. The number of ether oxygens (including phenoxy) is 1. The Bertz CT molecular complexity index is 277. The van der Waals surface area contributed by atoms with Crippen LogP contribution in [0, 0.1) is 0 Å². The molecular formula is C13H20O2. The van der Waals surface area contributed by atoms with Crippen LogP contribution in [0.4, 0.5) is 0 Å².